The Hall–Kier alpha value is -0.320. The van der Waals surface area contributed by atoms with Crippen LogP contribution in [0.5, 0.6) is 0 Å². The summed E-state index contributed by atoms with van der Waals surface area (Å²) in [5.41, 5.74) is -1.36. The van der Waals surface area contributed by atoms with E-state index < -0.39 is 5.43 Å². The number of fused-ring (bicyclic) bond motifs is 3. The summed E-state index contributed by atoms with van der Waals surface area (Å²) in [6.07, 6.45) is 5.99. The lowest BCUT2D eigenvalue weighted by molar-refractivity contribution is -0.836. The second-order valence-corrected chi connectivity index (χ2v) is 5.16. The predicted octanol–water partition coefficient (Wildman–Crippen LogP) is 2.06. The maximum atomic E-state index is 8.77. The fraction of sp³-hybridized carbons (Fsp3) is 0.909. The molecule has 1 aliphatic carbocycles. The van der Waals surface area contributed by atoms with Crippen LogP contribution in [0.2, 0.25) is 0 Å². The molecule has 16 heavy (non-hydrogen) atoms. The smallest absolute Gasteiger partial charge is 0.401 e. The highest BCUT2D eigenvalue weighted by Gasteiger charge is 2.65. The number of carbonyl (C=O) groups is 1. The molecule has 3 rings (SSSR count). The van der Waals surface area contributed by atoms with E-state index in [0.717, 1.165) is 25.3 Å². The number of nitrogens with zero attached hydrogens (tertiary/aromatic N) is 1. The Morgan fingerprint density at radius 2 is 1.62 bits per heavy atom. The Labute approximate surface area is 101 Å². The van der Waals surface area contributed by atoms with Crippen molar-refractivity contribution in [3.8, 4) is 0 Å². The normalized spacial score (nSPS) is 34.6. The van der Waals surface area contributed by atoms with Crippen molar-refractivity contribution in [3.63, 3.8) is 0 Å². The first-order valence-corrected chi connectivity index (χ1v) is 6.37. The lowest BCUT2D eigenvalue weighted by Gasteiger charge is -2.26. The molecule has 0 bridgehead atoms. The Balaban J connectivity index is 0.000000212. The van der Waals surface area contributed by atoms with Gasteiger partial charge in [0.15, 0.2) is 0 Å². The topological polar surface area (TPSA) is 46.5 Å². The Kier molecular flexibility index (Phi) is 3.72. The third kappa shape index (κ3) is 2.34. The van der Waals surface area contributed by atoms with Crippen LogP contribution in [0.1, 0.15) is 25.7 Å². The highest BCUT2D eigenvalue weighted by Crippen LogP contribution is 2.49. The van der Waals surface area contributed by atoms with E-state index >= 15 is 0 Å². The molecule has 5 heteroatoms. The van der Waals surface area contributed by atoms with Gasteiger partial charge in [-0.15, -0.1) is 0 Å². The van der Waals surface area contributed by atoms with Crippen LogP contribution in [-0.2, 0) is 4.74 Å². The van der Waals surface area contributed by atoms with E-state index in [2.05, 4.69) is 11.6 Å². The second kappa shape index (κ2) is 4.90. The molecule has 4 nitrogen and oxygen atoms in total. The van der Waals surface area contributed by atoms with Crippen LogP contribution in [0.3, 0.4) is 0 Å². The van der Waals surface area contributed by atoms with Crippen molar-refractivity contribution in [1.29, 1.82) is 0 Å². The fourth-order valence-electron chi connectivity index (χ4n) is 3.54. The molecule has 92 valence electrons. The van der Waals surface area contributed by atoms with Gasteiger partial charge in [0.25, 0.3) is 0 Å². The van der Waals surface area contributed by atoms with Crippen LogP contribution in [0.4, 0.5) is 4.79 Å². The van der Waals surface area contributed by atoms with Gasteiger partial charge in [0.1, 0.15) is 25.2 Å². The molecule has 3 fully saturated rings. The molecule has 2 unspecified atom stereocenters. The summed E-state index contributed by atoms with van der Waals surface area (Å²) in [4.78, 5) is 8.77. The van der Waals surface area contributed by atoms with Gasteiger partial charge in [0.05, 0.1) is 13.2 Å². The van der Waals surface area contributed by atoms with Crippen molar-refractivity contribution < 1.29 is 19.1 Å². The minimum Gasteiger partial charge on any atom is -0.469 e. The number of hydrogen-bond acceptors (Lipinski definition) is 2. The molecule has 0 amide bonds. The van der Waals surface area contributed by atoms with Crippen LogP contribution in [0, 0.1) is 0 Å². The van der Waals surface area contributed by atoms with Crippen molar-refractivity contribution in [2.75, 3.05) is 26.3 Å². The third-order valence-electron chi connectivity index (χ3n) is 4.23. The van der Waals surface area contributed by atoms with Crippen molar-refractivity contribution >= 4 is 17.0 Å². The molecule has 1 N–H and O–H groups in total. The summed E-state index contributed by atoms with van der Waals surface area (Å²) in [5, 5.41) is 7.18. The molecule has 2 aliphatic heterocycles. The number of morpholine rings is 1. The van der Waals surface area contributed by atoms with Gasteiger partial charge in [-0.2, -0.15) is 0 Å². The largest absolute Gasteiger partial charge is 0.469 e. The number of rotatable bonds is 0. The van der Waals surface area contributed by atoms with E-state index in [1.54, 1.807) is 0 Å². The average molecular weight is 249 g/mol. The zero-order valence-corrected chi connectivity index (χ0v) is 10.2. The zero-order valence-electron chi connectivity index (χ0n) is 9.40. The van der Waals surface area contributed by atoms with E-state index in [0.29, 0.717) is 0 Å². The first kappa shape index (κ1) is 12.1. The Bertz CT molecular complexity index is 248. The van der Waals surface area contributed by atoms with Crippen molar-refractivity contribution in [2.24, 2.45) is 0 Å². The van der Waals surface area contributed by atoms with Crippen LogP contribution in [0.15, 0.2) is 0 Å². The molecular formula is C11H19ClNO3+. The van der Waals surface area contributed by atoms with E-state index in [1.807, 2.05) is 0 Å². The van der Waals surface area contributed by atoms with E-state index in [-0.39, 0.29) is 0 Å². The van der Waals surface area contributed by atoms with Gasteiger partial charge in [-0.05, 0) is 12.8 Å². The predicted molar refractivity (Wildman–Crippen MR) is 60.7 cm³/mol. The van der Waals surface area contributed by atoms with Crippen LogP contribution < -0.4 is 0 Å². The molecule has 1 saturated carbocycles. The average Bonchev–Trinajstić information content (AvgIpc) is 2.87. The molecule has 2 atom stereocenters. The fourth-order valence-corrected chi connectivity index (χ4v) is 3.54. The summed E-state index contributed by atoms with van der Waals surface area (Å²) >= 11 is 4.19. The van der Waals surface area contributed by atoms with Crippen LogP contribution in [0.25, 0.3) is 0 Å². The van der Waals surface area contributed by atoms with E-state index in [4.69, 9.17) is 14.6 Å². The monoisotopic (exact) mass is 248 g/mol. The summed E-state index contributed by atoms with van der Waals surface area (Å²) in [6, 6.07) is 2.12. The quantitative estimate of drug-likeness (QED) is 0.406. The van der Waals surface area contributed by atoms with Gasteiger partial charge in [0.2, 0.25) is 0 Å². The first-order valence-electron chi connectivity index (χ1n) is 5.99. The number of quaternary nitrogens is 1. The summed E-state index contributed by atoms with van der Waals surface area (Å²) in [5.74, 6) is 0. The standard InChI is InChI=1S/C10H18NO.CHClO2/c1-2-4-10-9(3-1)11(10)5-7-12-8-6-11;2-1(3)4/h9-10H,1-8H2;(H,3,4)/q+1;. The molecule has 0 aromatic rings. The highest BCUT2D eigenvalue weighted by molar-refractivity contribution is 6.60. The Morgan fingerprint density at radius 3 is 2.06 bits per heavy atom. The van der Waals surface area contributed by atoms with Gasteiger partial charge < -0.3 is 14.3 Å². The van der Waals surface area contributed by atoms with Gasteiger partial charge in [-0.3, -0.25) is 0 Å². The number of carboxylic acid groups (broad SMARTS) is 1. The van der Waals surface area contributed by atoms with Gasteiger partial charge in [-0.25, -0.2) is 4.79 Å². The van der Waals surface area contributed by atoms with Crippen LogP contribution >= 0.6 is 11.6 Å². The SMILES string of the molecule is C1CCC2C(C1)[N+]21CCOCC1.O=C(O)Cl. The zero-order chi connectivity index (χ0) is 11.6. The number of ether oxygens (including phenoxy) is 1. The Morgan fingerprint density at radius 1 is 1.19 bits per heavy atom. The lowest BCUT2D eigenvalue weighted by atomic mass is 10.0. The molecule has 2 heterocycles. The molecule has 1 spiro atoms. The van der Waals surface area contributed by atoms with Gasteiger partial charge in [0, 0.05) is 24.4 Å². The van der Waals surface area contributed by atoms with Crippen molar-refractivity contribution in [2.45, 2.75) is 37.8 Å². The van der Waals surface area contributed by atoms with Crippen molar-refractivity contribution in [3.05, 3.63) is 0 Å². The number of hydrogen-bond donors (Lipinski definition) is 1. The number of halogens is 1. The molecule has 3 aliphatic rings. The minimum atomic E-state index is -1.36. The molecule has 0 aromatic heterocycles. The van der Waals surface area contributed by atoms with Crippen LogP contribution in [-0.4, -0.2) is 53.4 Å². The first-order chi connectivity index (χ1) is 7.67. The molecular weight excluding hydrogens is 230 g/mol. The maximum absolute atomic E-state index is 8.77. The van der Waals surface area contributed by atoms with E-state index in [1.165, 1.54) is 43.3 Å². The third-order valence-corrected chi connectivity index (χ3v) is 4.23. The van der Waals surface area contributed by atoms with Gasteiger partial charge >= 0.3 is 5.43 Å². The summed E-state index contributed by atoms with van der Waals surface area (Å²) in [6.45, 7) is 4.67. The summed E-state index contributed by atoms with van der Waals surface area (Å²) < 4.78 is 6.89. The summed E-state index contributed by atoms with van der Waals surface area (Å²) in [7, 11) is 0. The maximum Gasteiger partial charge on any atom is 0.401 e. The van der Waals surface area contributed by atoms with Crippen molar-refractivity contribution in [1.82, 2.24) is 0 Å². The highest BCUT2D eigenvalue weighted by atomic mass is 35.5. The molecule has 2 saturated heterocycles. The van der Waals surface area contributed by atoms with Gasteiger partial charge in [-0.1, -0.05) is 0 Å². The molecule has 0 aromatic carbocycles. The lowest BCUT2D eigenvalue weighted by Crippen LogP contribution is -2.41. The second-order valence-electron chi connectivity index (χ2n) is 4.83. The molecule has 0 radical (unpaired) electrons. The van der Waals surface area contributed by atoms with E-state index in [9.17, 15) is 0 Å². The minimum absolute atomic E-state index is 1.02.